The zero-order chi connectivity index (χ0) is 14.4. The summed E-state index contributed by atoms with van der Waals surface area (Å²) in [7, 11) is 0. The second-order valence-corrected chi connectivity index (χ2v) is 6.28. The molecular formula is C16H23Cl2NO. The highest BCUT2D eigenvalue weighted by molar-refractivity contribution is 6.42. The van der Waals surface area contributed by atoms with Gasteiger partial charge >= 0.3 is 0 Å². The van der Waals surface area contributed by atoms with Crippen LogP contribution in [0.3, 0.4) is 0 Å². The maximum atomic E-state index is 6.12. The molecule has 1 atom stereocenters. The highest BCUT2D eigenvalue weighted by atomic mass is 35.5. The van der Waals surface area contributed by atoms with E-state index >= 15 is 0 Å². The lowest BCUT2D eigenvalue weighted by molar-refractivity contribution is 0.0538. The van der Waals surface area contributed by atoms with Crippen LogP contribution in [0.15, 0.2) is 18.2 Å². The summed E-state index contributed by atoms with van der Waals surface area (Å²) in [6.45, 7) is 5.03. The maximum Gasteiger partial charge on any atom is 0.0595 e. The Morgan fingerprint density at radius 1 is 1.25 bits per heavy atom. The van der Waals surface area contributed by atoms with Crippen LogP contribution in [0.5, 0.6) is 0 Å². The van der Waals surface area contributed by atoms with Crippen molar-refractivity contribution < 1.29 is 4.74 Å². The van der Waals surface area contributed by atoms with E-state index in [0.717, 1.165) is 45.4 Å². The first-order valence-electron chi connectivity index (χ1n) is 7.45. The molecule has 1 saturated heterocycles. The van der Waals surface area contributed by atoms with Crippen LogP contribution in [0.4, 0.5) is 0 Å². The van der Waals surface area contributed by atoms with Gasteiger partial charge in [0.2, 0.25) is 0 Å². The standard InChI is InChI=1S/C16H23Cl2NO/c1-2-7-19-16(13-5-8-20-9-6-13)11-12-3-4-14(17)15(18)10-12/h3-4,10,13,16,19H,2,5-9,11H2,1H3. The number of halogens is 2. The quantitative estimate of drug-likeness (QED) is 0.843. The van der Waals surface area contributed by atoms with Gasteiger partial charge in [0.1, 0.15) is 0 Å². The van der Waals surface area contributed by atoms with E-state index < -0.39 is 0 Å². The number of hydrogen-bond donors (Lipinski definition) is 1. The first kappa shape index (κ1) is 16.1. The Hall–Kier alpha value is -0.280. The van der Waals surface area contributed by atoms with Gasteiger partial charge in [0.25, 0.3) is 0 Å². The molecule has 0 bridgehead atoms. The van der Waals surface area contributed by atoms with Crippen molar-refractivity contribution in [3.05, 3.63) is 33.8 Å². The predicted octanol–water partition coefficient (Wildman–Crippen LogP) is 4.33. The Labute approximate surface area is 131 Å². The van der Waals surface area contributed by atoms with Gasteiger partial charge in [-0.1, -0.05) is 36.2 Å². The van der Waals surface area contributed by atoms with Crippen molar-refractivity contribution in [3.63, 3.8) is 0 Å². The van der Waals surface area contributed by atoms with Crippen LogP contribution in [0.2, 0.25) is 10.0 Å². The minimum absolute atomic E-state index is 0.496. The molecule has 4 heteroatoms. The van der Waals surface area contributed by atoms with Crippen molar-refractivity contribution in [1.82, 2.24) is 5.32 Å². The third kappa shape index (κ3) is 4.63. The van der Waals surface area contributed by atoms with Crippen molar-refractivity contribution in [3.8, 4) is 0 Å². The molecule has 0 aliphatic carbocycles. The van der Waals surface area contributed by atoms with Crippen LogP contribution in [0.25, 0.3) is 0 Å². The largest absolute Gasteiger partial charge is 0.381 e. The maximum absolute atomic E-state index is 6.12. The summed E-state index contributed by atoms with van der Waals surface area (Å²) in [4.78, 5) is 0. The average molecular weight is 316 g/mol. The van der Waals surface area contributed by atoms with E-state index in [2.05, 4.69) is 18.3 Å². The molecule has 0 radical (unpaired) electrons. The van der Waals surface area contributed by atoms with Crippen LogP contribution in [-0.2, 0) is 11.2 Å². The molecule has 112 valence electrons. The van der Waals surface area contributed by atoms with Crippen molar-refractivity contribution in [2.45, 2.75) is 38.6 Å². The Balaban J connectivity index is 2.03. The van der Waals surface area contributed by atoms with Crippen molar-refractivity contribution in [1.29, 1.82) is 0 Å². The van der Waals surface area contributed by atoms with Gasteiger partial charge in [0, 0.05) is 19.3 Å². The fourth-order valence-electron chi connectivity index (χ4n) is 2.77. The third-order valence-corrected chi connectivity index (χ3v) is 4.67. The summed E-state index contributed by atoms with van der Waals surface area (Å²) in [5.74, 6) is 0.685. The molecule has 0 aromatic heterocycles. The number of hydrogen-bond acceptors (Lipinski definition) is 2. The van der Waals surface area contributed by atoms with Gasteiger partial charge in [-0.15, -0.1) is 0 Å². The number of ether oxygens (including phenoxy) is 1. The fraction of sp³-hybridized carbons (Fsp3) is 0.625. The molecule has 1 fully saturated rings. The monoisotopic (exact) mass is 315 g/mol. The average Bonchev–Trinajstić information content (AvgIpc) is 2.48. The molecule has 20 heavy (non-hydrogen) atoms. The molecule has 0 amide bonds. The summed E-state index contributed by atoms with van der Waals surface area (Å²) < 4.78 is 5.47. The molecule has 2 nitrogen and oxygen atoms in total. The van der Waals surface area contributed by atoms with Gasteiger partial charge in [-0.25, -0.2) is 0 Å². The molecule has 0 spiro atoms. The zero-order valence-electron chi connectivity index (χ0n) is 12.0. The Bertz CT molecular complexity index is 419. The van der Waals surface area contributed by atoms with Gasteiger partial charge in [-0.05, 0) is 55.8 Å². The van der Waals surface area contributed by atoms with Crippen LogP contribution in [0, 0.1) is 5.92 Å². The number of nitrogens with one attached hydrogen (secondary N) is 1. The molecule has 1 unspecified atom stereocenters. The van der Waals surface area contributed by atoms with Gasteiger partial charge in [0.15, 0.2) is 0 Å². The normalized spacial score (nSPS) is 18.1. The summed E-state index contributed by atoms with van der Waals surface area (Å²) in [5, 5.41) is 4.96. The van der Waals surface area contributed by atoms with E-state index in [1.165, 1.54) is 5.56 Å². The minimum atomic E-state index is 0.496. The zero-order valence-corrected chi connectivity index (χ0v) is 13.5. The van der Waals surface area contributed by atoms with Crippen LogP contribution in [-0.4, -0.2) is 25.8 Å². The van der Waals surface area contributed by atoms with Crippen LogP contribution < -0.4 is 5.32 Å². The van der Waals surface area contributed by atoms with E-state index in [1.807, 2.05) is 12.1 Å². The predicted molar refractivity (Wildman–Crippen MR) is 85.8 cm³/mol. The highest BCUT2D eigenvalue weighted by Crippen LogP contribution is 2.26. The lowest BCUT2D eigenvalue weighted by Gasteiger charge is -2.31. The van der Waals surface area contributed by atoms with Gasteiger partial charge in [0.05, 0.1) is 10.0 Å². The number of benzene rings is 1. The second-order valence-electron chi connectivity index (χ2n) is 5.46. The molecule has 1 aliphatic rings. The smallest absolute Gasteiger partial charge is 0.0595 e. The van der Waals surface area contributed by atoms with E-state index in [-0.39, 0.29) is 0 Å². The van der Waals surface area contributed by atoms with Crippen molar-refractivity contribution in [2.75, 3.05) is 19.8 Å². The van der Waals surface area contributed by atoms with Crippen LogP contribution in [0.1, 0.15) is 31.7 Å². The molecule has 1 aromatic rings. The van der Waals surface area contributed by atoms with E-state index in [0.29, 0.717) is 22.0 Å². The van der Waals surface area contributed by atoms with E-state index in [4.69, 9.17) is 27.9 Å². The van der Waals surface area contributed by atoms with Gasteiger partial charge in [-0.2, -0.15) is 0 Å². The van der Waals surface area contributed by atoms with Crippen LogP contribution >= 0.6 is 23.2 Å². The van der Waals surface area contributed by atoms with Crippen molar-refractivity contribution >= 4 is 23.2 Å². The summed E-state index contributed by atoms with van der Waals surface area (Å²) in [6, 6.07) is 6.45. The molecule has 2 rings (SSSR count). The number of rotatable bonds is 6. The fourth-order valence-corrected chi connectivity index (χ4v) is 3.09. The second kappa shape index (κ2) is 8.23. The topological polar surface area (TPSA) is 21.3 Å². The third-order valence-electron chi connectivity index (χ3n) is 3.93. The molecule has 1 aliphatic heterocycles. The molecule has 1 N–H and O–H groups in total. The first-order valence-corrected chi connectivity index (χ1v) is 8.21. The molecule has 1 heterocycles. The summed E-state index contributed by atoms with van der Waals surface area (Å²) in [6.07, 6.45) is 4.44. The summed E-state index contributed by atoms with van der Waals surface area (Å²) >= 11 is 12.1. The SMILES string of the molecule is CCCNC(Cc1ccc(Cl)c(Cl)c1)C1CCOCC1. The lowest BCUT2D eigenvalue weighted by atomic mass is 9.87. The minimum Gasteiger partial charge on any atom is -0.381 e. The summed E-state index contributed by atoms with van der Waals surface area (Å²) in [5.41, 5.74) is 1.25. The Kier molecular flexibility index (Phi) is 6.63. The first-order chi connectivity index (χ1) is 9.70. The lowest BCUT2D eigenvalue weighted by Crippen LogP contribution is -2.41. The Morgan fingerprint density at radius 3 is 2.65 bits per heavy atom. The van der Waals surface area contributed by atoms with Gasteiger partial charge in [-0.3, -0.25) is 0 Å². The molecular weight excluding hydrogens is 293 g/mol. The van der Waals surface area contributed by atoms with Crippen molar-refractivity contribution in [2.24, 2.45) is 5.92 Å². The molecule has 0 saturated carbocycles. The Morgan fingerprint density at radius 2 is 2.00 bits per heavy atom. The molecule has 1 aromatic carbocycles. The van der Waals surface area contributed by atoms with E-state index in [1.54, 1.807) is 0 Å². The van der Waals surface area contributed by atoms with E-state index in [9.17, 15) is 0 Å². The highest BCUT2D eigenvalue weighted by Gasteiger charge is 2.23. The van der Waals surface area contributed by atoms with Gasteiger partial charge < -0.3 is 10.1 Å².